The van der Waals surface area contributed by atoms with E-state index in [-0.39, 0.29) is 31.6 Å². The molecule has 0 saturated heterocycles. The number of hydrogen-bond donors (Lipinski definition) is 7. The van der Waals surface area contributed by atoms with Crippen LogP contribution in [0.25, 0.3) is 0 Å². The molecule has 0 aliphatic rings. The van der Waals surface area contributed by atoms with E-state index in [0.29, 0.717) is 0 Å². The van der Waals surface area contributed by atoms with Gasteiger partial charge in [-0.15, -0.1) is 0 Å². The van der Waals surface area contributed by atoms with Crippen molar-refractivity contribution in [1.82, 2.24) is 16.0 Å². The van der Waals surface area contributed by atoms with Gasteiger partial charge in [0.05, 0.1) is 6.04 Å². The number of carbonyl (C=O) groups is 6. The van der Waals surface area contributed by atoms with E-state index >= 15 is 0 Å². The molecule has 3 amide bonds. The average Bonchev–Trinajstić information content (AvgIpc) is 2.67. The summed E-state index contributed by atoms with van der Waals surface area (Å²) in [5.74, 6) is -6.17. The standard InChI is InChI=1S/C19H32N4O9/c1-9(2)8-13(18(30)21-10(3)19(31)32)23-17(29)12(5-7-15(26)27)22-16(28)11(20)4-6-14(24)25/h9-13H,4-8,20H2,1-3H3,(H,21,30)(H,22,28)(H,23,29)(H,24,25)(H,26,27)(H,31,32). The van der Waals surface area contributed by atoms with Crippen LogP contribution >= 0.6 is 0 Å². The van der Waals surface area contributed by atoms with E-state index in [4.69, 9.17) is 21.1 Å². The Kier molecular flexibility index (Phi) is 12.6. The van der Waals surface area contributed by atoms with Crippen molar-refractivity contribution in [3.63, 3.8) is 0 Å². The average molecular weight is 460 g/mol. The maximum Gasteiger partial charge on any atom is 0.325 e. The maximum absolute atomic E-state index is 12.7. The normalized spacial score (nSPS) is 14.5. The predicted molar refractivity (Wildman–Crippen MR) is 110 cm³/mol. The Morgan fingerprint density at radius 3 is 1.66 bits per heavy atom. The molecule has 0 rings (SSSR count). The van der Waals surface area contributed by atoms with Crippen LogP contribution < -0.4 is 21.7 Å². The highest BCUT2D eigenvalue weighted by atomic mass is 16.4. The van der Waals surface area contributed by atoms with E-state index in [0.717, 1.165) is 0 Å². The van der Waals surface area contributed by atoms with E-state index in [9.17, 15) is 28.8 Å². The van der Waals surface area contributed by atoms with Crippen molar-refractivity contribution in [3.05, 3.63) is 0 Å². The molecular formula is C19H32N4O9. The molecule has 32 heavy (non-hydrogen) atoms. The van der Waals surface area contributed by atoms with Crippen molar-refractivity contribution in [2.45, 2.75) is 77.0 Å². The van der Waals surface area contributed by atoms with Gasteiger partial charge in [-0.1, -0.05) is 13.8 Å². The molecule has 0 aliphatic carbocycles. The Labute approximate surface area is 185 Å². The molecule has 0 radical (unpaired) electrons. The fourth-order valence-corrected chi connectivity index (χ4v) is 2.58. The van der Waals surface area contributed by atoms with Crippen molar-refractivity contribution in [2.24, 2.45) is 11.7 Å². The fraction of sp³-hybridized carbons (Fsp3) is 0.684. The summed E-state index contributed by atoms with van der Waals surface area (Å²) >= 11 is 0. The number of aliphatic carboxylic acids is 3. The van der Waals surface area contributed by atoms with Crippen LogP contribution in [0.1, 0.15) is 52.9 Å². The van der Waals surface area contributed by atoms with Crippen molar-refractivity contribution in [1.29, 1.82) is 0 Å². The van der Waals surface area contributed by atoms with Gasteiger partial charge in [0.25, 0.3) is 0 Å². The molecule has 0 bridgehead atoms. The zero-order chi connectivity index (χ0) is 25.0. The first kappa shape index (κ1) is 28.8. The van der Waals surface area contributed by atoms with E-state index < -0.39 is 66.2 Å². The molecule has 182 valence electrons. The van der Waals surface area contributed by atoms with Crippen LogP contribution in [-0.2, 0) is 28.8 Å². The molecular weight excluding hydrogens is 428 g/mol. The Morgan fingerprint density at radius 1 is 0.719 bits per heavy atom. The van der Waals surface area contributed by atoms with Gasteiger partial charge < -0.3 is 37.0 Å². The Morgan fingerprint density at radius 2 is 1.19 bits per heavy atom. The van der Waals surface area contributed by atoms with Gasteiger partial charge >= 0.3 is 17.9 Å². The first-order chi connectivity index (χ1) is 14.7. The summed E-state index contributed by atoms with van der Waals surface area (Å²) in [7, 11) is 0. The van der Waals surface area contributed by atoms with Gasteiger partial charge in [-0.2, -0.15) is 0 Å². The lowest BCUT2D eigenvalue weighted by molar-refractivity contribution is -0.142. The number of nitrogens with one attached hydrogen (secondary N) is 3. The van der Waals surface area contributed by atoms with E-state index in [1.54, 1.807) is 13.8 Å². The fourth-order valence-electron chi connectivity index (χ4n) is 2.58. The quantitative estimate of drug-likeness (QED) is 0.152. The van der Waals surface area contributed by atoms with Gasteiger partial charge in [0.1, 0.15) is 18.1 Å². The number of nitrogens with two attached hydrogens (primary N) is 1. The first-order valence-electron chi connectivity index (χ1n) is 10.1. The van der Waals surface area contributed by atoms with E-state index in [1.165, 1.54) is 6.92 Å². The molecule has 0 aliphatic heterocycles. The third kappa shape index (κ3) is 11.8. The Hall–Kier alpha value is -3.22. The summed E-state index contributed by atoms with van der Waals surface area (Å²) in [6, 6.07) is -4.93. The van der Waals surface area contributed by atoms with Gasteiger partial charge in [-0.25, -0.2) is 0 Å². The monoisotopic (exact) mass is 460 g/mol. The van der Waals surface area contributed by atoms with Gasteiger partial charge in [0.15, 0.2) is 0 Å². The summed E-state index contributed by atoms with van der Waals surface area (Å²) in [5.41, 5.74) is 5.63. The molecule has 0 heterocycles. The van der Waals surface area contributed by atoms with Gasteiger partial charge in [0, 0.05) is 12.8 Å². The second-order valence-corrected chi connectivity index (χ2v) is 7.79. The number of carbonyl (C=O) groups excluding carboxylic acids is 3. The SMILES string of the molecule is CC(C)CC(NC(=O)C(CCC(=O)O)NC(=O)C(N)CCC(=O)O)C(=O)NC(C)C(=O)O. The maximum atomic E-state index is 12.7. The number of rotatable bonds is 15. The molecule has 4 atom stereocenters. The van der Waals surface area contributed by atoms with Crippen molar-refractivity contribution < 1.29 is 44.1 Å². The van der Waals surface area contributed by atoms with Crippen LogP contribution in [0, 0.1) is 5.92 Å². The summed E-state index contributed by atoms with van der Waals surface area (Å²) in [6.07, 6.45) is -1.19. The second-order valence-electron chi connectivity index (χ2n) is 7.79. The number of carboxylic acid groups (broad SMARTS) is 3. The third-order valence-corrected chi connectivity index (χ3v) is 4.36. The van der Waals surface area contributed by atoms with E-state index in [1.807, 2.05) is 0 Å². The van der Waals surface area contributed by atoms with Gasteiger partial charge in [-0.05, 0) is 32.1 Å². The highest BCUT2D eigenvalue weighted by Crippen LogP contribution is 2.08. The first-order valence-corrected chi connectivity index (χ1v) is 10.1. The lowest BCUT2D eigenvalue weighted by Gasteiger charge is -2.25. The topological polar surface area (TPSA) is 225 Å². The van der Waals surface area contributed by atoms with Crippen LogP contribution in [0.3, 0.4) is 0 Å². The van der Waals surface area contributed by atoms with Gasteiger partial charge in [-0.3, -0.25) is 28.8 Å². The number of hydrogen-bond acceptors (Lipinski definition) is 7. The lowest BCUT2D eigenvalue weighted by Crippen LogP contribution is -2.57. The van der Waals surface area contributed by atoms with Crippen LogP contribution in [0.15, 0.2) is 0 Å². The minimum absolute atomic E-state index is 0.0670. The molecule has 0 fully saturated rings. The molecule has 0 aromatic carbocycles. The molecule has 13 nitrogen and oxygen atoms in total. The lowest BCUT2D eigenvalue weighted by atomic mass is 10.0. The van der Waals surface area contributed by atoms with Crippen molar-refractivity contribution >= 4 is 35.6 Å². The Balaban J connectivity index is 5.39. The number of carboxylic acids is 3. The summed E-state index contributed by atoms with van der Waals surface area (Å²) in [6.45, 7) is 4.80. The highest BCUT2D eigenvalue weighted by Gasteiger charge is 2.30. The molecule has 4 unspecified atom stereocenters. The summed E-state index contributed by atoms with van der Waals surface area (Å²) < 4.78 is 0. The molecule has 8 N–H and O–H groups in total. The highest BCUT2D eigenvalue weighted by molar-refractivity contribution is 5.94. The zero-order valence-electron chi connectivity index (χ0n) is 18.3. The molecule has 0 saturated carbocycles. The Bertz CT molecular complexity index is 711. The smallest absolute Gasteiger partial charge is 0.325 e. The van der Waals surface area contributed by atoms with Crippen molar-refractivity contribution in [2.75, 3.05) is 0 Å². The van der Waals surface area contributed by atoms with Crippen LogP contribution in [0.2, 0.25) is 0 Å². The third-order valence-electron chi connectivity index (χ3n) is 4.36. The molecule has 0 aromatic heterocycles. The van der Waals surface area contributed by atoms with Crippen LogP contribution in [0.5, 0.6) is 0 Å². The van der Waals surface area contributed by atoms with Crippen LogP contribution in [-0.4, -0.2) is 75.1 Å². The minimum atomic E-state index is -1.35. The zero-order valence-corrected chi connectivity index (χ0v) is 18.3. The minimum Gasteiger partial charge on any atom is -0.481 e. The van der Waals surface area contributed by atoms with Crippen LogP contribution in [0.4, 0.5) is 0 Å². The number of amides is 3. The molecule has 0 aromatic rings. The summed E-state index contributed by atoms with van der Waals surface area (Å²) in [4.78, 5) is 70.0. The molecule has 13 heteroatoms. The second kappa shape index (κ2) is 14.0. The predicted octanol–water partition coefficient (Wildman–Crippen LogP) is -1.35. The van der Waals surface area contributed by atoms with Crippen molar-refractivity contribution in [3.8, 4) is 0 Å². The summed E-state index contributed by atoms with van der Waals surface area (Å²) in [5, 5.41) is 33.5. The largest absolute Gasteiger partial charge is 0.481 e. The molecule has 0 spiro atoms. The van der Waals surface area contributed by atoms with Gasteiger partial charge in [0.2, 0.25) is 17.7 Å². The van der Waals surface area contributed by atoms with E-state index in [2.05, 4.69) is 16.0 Å².